The minimum atomic E-state index is 0.368. The van der Waals surface area contributed by atoms with Crippen molar-refractivity contribution in [2.75, 3.05) is 5.32 Å². The minimum absolute atomic E-state index is 0.368. The predicted octanol–water partition coefficient (Wildman–Crippen LogP) is 2.73. The molecule has 0 amide bonds. The maximum absolute atomic E-state index is 5.86. The number of nitrogens with two attached hydrogens (primary N) is 1. The van der Waals surface area contributed by atoms with E-state index in [0.717, 1.165) is 24.4 Å². The first-order valence-corrected chi connectivity index (χ1v) is 6.80. The monoisotopic (exact) mass is 272 g/mol. The molecule has 1 aromatic heterocycles. The molecule has 2 rings (SSSR count). The summed E-state index contributed by atoms with van der Waals surface area (Å²) in [5.41, 5.74) is 8.06. The van der Waals surface area contributed by atoms with Crippen LogP contribution in [0.2, 0.25) is 0 Å². The highest BCUT2D eigenvalue weighted by molar-refractivity contribution is 5.92. The molecular formula is C15H20N4O. The second-order valence-electron chi connectivity index (χ2n) is 4.45. The van der Waals surface area contributed by atoms with Crippen molar-refractivity contribution in [3.05, 3.63) is 47.7 Å². The number of hydrogen-bond donors (Lipinski definition) is 2. The third kappa shape index (κ3) is 3.85. The Morgan fingerprint density at radius 3 is 2.90 bits per heavy atom. The Morgan fingerprint density at radius 1 is 1.35 bits per heavy atom. The molecule has 0 atom stereocenters. The van der Waals surface area contributed by atoms with Gasteiger partial charge in [-0.1, -0.05) is 26.0 Å². The Hall–Kier alpha value is -2.30. The van der Waals surface area contributed by atoms with Gasteiger partial charge in [-0.25, -0.2) is 9.98 Å². The Bertz CT molecular complexity index is 589. The van der Waals surface area contributed by atoms with Gasteiger partial charge in [0.1, 0.15) is 12.3 Å². The van der Waals surface area contributed by atoms with Crippen LogP contribution in [0.5, 0.6) is 0 Å². The Labute approximate surface area is 118 Å². The number of nitrogens with zero attached hydrogens (tertiary/aromatic N) is 2. The standard InChI is InChI=1S/C15H20N4O/c1-3-11-6-5-7-12(8-11)19-15(16)18-10-13-9-17-14(4-2)20-13/h5-9H,3-4,10H2,1-2H3,(H3,16,18,19). The maximum atomic E-state index is 5.86. The predicted molar refractivity (Wildman–Crippen MR) is 80.7 cm³/mol. The number of aliphatic imine (C=N–C) groups is 1. The summed E-state index contributed by atoms with van der Waals surface area (Å²) in [4.78, 5) is 8.36. The summed E-state index contributed by atoms with van der Waals surface area (Å²) >= 11 is 0. The van der Waals surface area contributed by atoms with Gasteiger partial charge in [-0.05, 0) is 24.1 Å². The van der Waals surface area contributed by atoms with E-state index in [2.05, 4.69) is 34.3 Å². The van der Waals surface area contributed by atoms with Gasteiger partial charge >= 0.3 is 0 Å². The Morgan fingerprint density at radius 2 is 2.20 bits per heavy atom. The molecule has 0 radical (unpaired) electrons. The van der Waals surface area contributed by atoms with Crippen LogP contribution in [0.25, 0.3) is 0 Å². The number of aryl methyl sites for hydroxylation is 2. The number of hydrogen-bond acceptors (Lipinski definition) is 3. The van der Waals surface area contributed by atoms with Gasteiger partial charge in [0.15, 0.2) is 11.9 Å². The van der Waals surface area contributed by atoms with Gasteiger partial charge < -0.3 is 15.5 Å². The van der Waals surface area contributed by atoms with E-state index in [1.807, 2.05) is 19.1 Å². The maximum Gasteiger partial charge on any atom is 0.194 e. The van der Waals surface area contributed by atoms with E-state index >= 15 is 0 Å². The van der Waals surface area contributed by atoms with Crippen molar-refractivity contribution in [3.8, 4) is 0 Å². The average Bonchev–Trinajstić information content (AvgIpc) is 2.93. The Balaban J connectivity index is 1.96. The number of oxazole rings is 1. The first-order chi connectivity index (χ1) is 9.71. The fourth-order valence-corrected chi connectivity index (χ4v) is 1.80. The lowest BCUT2D eigenvalue weighted by molar-refractivity contribution is 0.462. The number of guanidine groups is 1. The third-order valence-electron chi connectivity index (χ3n) is 2.92. The Kier molecular flexibility index (Phi) is 4.76. The molecule has 0 fully saturated rings. The van der Waals surface area contributed by atoms with Crippen molar-refractivity contribution in [2.24, 2.45) is 10.7 Å². The summed E-state index contributed by atoms with van der Waals surface area (Å²) in [7, 11) is 0. The lowest BCUT2D eigenvalue weighted by atomic mass is 10.1. The number of rotatable bonds is 5. The summed E-state index contributed by atoms with van der Waals surface area (Å²) in [6.07, 6.45) is 3.46. The normalized spacial score (nSPS) is 11.6. The molecule has 1 aromatic carbocycles. The number of benzene rings is 1. The largest absolute Gasteiger partial charge is 0.444 e. The highest BCUT2D eigenvalue weighted by Gasteiger charge is 2.01. The topological polar surface area (TPSA) is 76.4 Å². The molecule has 3 N–H and O–H groups in total. The summed E-state index contributed by atoms with van der Waals surface area (Å²) in [5.74, 6) is 1.80. The van der Waals surface area contributed by atoms with Crippen LogP contribution in [0.3, 0.4) is 0 Å². The molecule has 0 saturated carbocycles. The SMILES string of the molecule is CCc1cccc(NC(N)=NCc2cnc(CC)o2)c1. The van der Waals surface area contributed by atoms with Gasteiger partial charge in [0, 0.05) is 12.1 Å². The number of nitrogens with one attached hydrogen (secondary N) is 1. The fraction of sp³-hybridized carbons (Fsp3) is 0.333. The zero-order chi connectivity index (χ0) is 14.4. The lowest BCUT2D eigenvalue weighted by Gasteiger charge is -2.06. The summed E-state index contributed by atoms with van der Waals surface area (Å²) < 4.78 is 5.47. The van der Waals surface area contributed by atoms with E-state index in [-0.39, 0.29) is 0 Å². The molecule has 0 aliphatic carbocycles. The second kappa shape index (κ2) is 6.75. The smallest absolute Gasteiger partial charge is 0.194 e. The summed E-state index contributed by atoms with van der Waals surface area (Å²) in [5, 5.41) is 3.07. The van der Waals surface area contributed by atoms with Crippen LogP contribution in [0.15, 0.2) is 39.9 Å². The molecule has 0 bridgehead atoms. The first kappa shape index (κ1) is 14.1. The van der Waals surface area contributed by atoms with Crippen LogP contribution >= 0.6 is 0 Å². The number of aromatic nitrogens is 1. The molecule has 0 saturated heterocycles. The highest BCUT2D eigenvalue weighted by Crippen LogP contribution is 2.11. The molecule has 2 aromatic rings. The minimum Gasteiger partial charge on any atom is -0.444 e. The second-order valence-corrected chi connectivity index (χ2v) is 4.45. The third-order valence-corrected chi connectivity index (χ3v) is 2.92. The van der Waals surface area contributed by atoms with E-state index in [1.165, 1.54) is 5.56 Å². The number of anilines is 1. The van der Waals surface area contributed by atoms with Crippen LogP contribution < -0.4 is 11.1 Å². The van der Waals surface area contributed by atoms with Gasteiger partial charge in [-0.3, -0.25) is 0 Å². The summed E-state index contributed by atoms with van der Waals surface area (Å²) in [6.45, 7) is 4.50. The van der Waals surface area contributed by atoms with E-state index in [4.69, 9.17) is 10.2 Å². The molecule has 5 nitrogen and oxygen atoms in total. The summed E-state index contributed by atoms with van der Waals surface area (Å²) in [6, 6.07) is 8.11. The van der Waals surface area contributed by atoms with Gasteiger partial charge in [0.25, 0.3) is 0 Å². The van der Waals surface area contributed by atoms with Crippen LogP contribution in [-0.4, -0.2) is 10.9 Å². The molecule has 0 spiro atoms. The van der Waals surface area contributed by atoms with Crippen molar-refractivity contribution in [2.45, 2.75) is 33.2 Å². The van der Waals surface area contributed by atoms with Crippen molar-refractivity contribution < 1.29 is 4.42 Å². The molecule has 0 aliphatic rings. The van der Waals surface area contributed by atoms with Crippen LogP contribution in [0, 0.1) is 0 Å². The van der Waals surface area contributed by atoms with Crippen molar-refractivity contribution >= 4 is 11.6 Å². The van der Waals surface area contributed by atoms with E-state index in [0.29, 0.717) is 18.3 Å². The van der Waals surface area contributed by atoms with Gasteiger partial charge in [-0.15, -0.1) is 0 Å². The van der Waals surface area contributed by atoms with E-state index in [9.17, 15) is 0 Å². The average molecular weight is 272 g/mol. The fourth-order valence-electron chi connectivity index (χ4n) is 1.80. The van der Waals surface area contributed by atoms with Crippen molar-refractivity contribution in [1.29, 1.82) is 0 Å². The van der Waals surface area contributed by atoms with Gasteiger partial charge in [-0.2, -0.15) is 0 Å². The van der Waals surface area contributed by atoms with Gasteiger partial charge in [0.2, 0.25) is 0 Å². The lowest BCUT2D eigenvalue weighted by Crippen LogP contribution is -2.22. The van der Waals surface area contributed by atoms with Gasteiger partial charge in [0.05, 0.1) is 6.20 Å². The molecule has 0 aliphatic heterocycles. The molecule has 1 heterocycles. The molecule has 106 valence electrons. The van der Waals surface area contributed by atoms with E-state index in [1.54, 1.807) is 6.20 Å². The van der Waals surface area contributed by atoms with Crippen molar-refractivity contribution in [1.82, 2.24) is 4.98 Å². The zero-order valence-corrected chi connectivity index (χ0v) is 11.9. The molecule has 0 unspecified atom stereocenters. The first-order valence-electron chi connectivity index (χ1n) is 6.80. The van der Waals surface area contributed by atoms with Crippen LogP contribution in [0.4, 0.5) is 5.69 Å². The zero-order valence-electron chi connectivity index (χ0n) is 11.9. The highest BCUT2D eigenvalue weighted by atomic mass is 16.4. The van der Waals surface area contributed by atoms with Crippen LogP contribution in [0.1, 0.15) is 31.1 Å². The van der Waals surface area contributed by atoms with Crippen molar-refractivity contribution in [3.63, 3.8) is 0 Å². The molecular weight excluding hydrogens is 252 g/mol. The molecule has 20 heavy (non-hydrogen) atoms. The van der Waals surface area contributed by atoms with Crippen LogP contribution in [-0.2, 0) is 19.4 Å². The molecule has 5 heteroatoms. The quantitative estimate of drug-likeness (QED) is 0.648. The van der Waals surface area contributed by atoms with E-state index < -0.39 is 0 Å².